The Balaban J connectivity index is 2.97. The first-order chi connectivity index (χ1) is 4.31. The fourth-order valence-corrected chi connectivity index (χ4v) is 1.02. The second-order valence-electron chi connectivity index (χ2n) is 1.60. The maximum absolute atomic E-state index is 10.4. The van der Waals surface area contributed by atoms with E-state index in [4.69, 9.17) is 0 Å². The van der Waals surface area contributed by atoms with Crippen LogP contribution >= 0.6 is 38.9 Å². The maximum atomic E-state index is 10.4. The Morgan fingerprint density at radius 1 is 1.56 bits per heavy atom. The van der Waals surface area contributed by atoms with Gasteiger partial charge in [0.2, 0.25) is 0 Å². The van der Waals surface area contributed by atoms with Crippen molar-refractivity contribution in [3.63, 3.8) is 0 Å². The molecule has 0 saturated heterocycles. The van der Waals surface area contributed by atoms with Gasteiger partial charge in [-0.3, -0.25) is 4.79 Å². The van der Waals surface area contributed by atoms with E-state index in [0.717, 1.165) is 18.2 Å². The molecule has 0 amide bonds. The van der Waals surface area contributed by atoms with Gasteiger partial charge in [-0.25, -0.2) is 0 Å². The fourth-order valence-electron chi connectivity index (χ4n) is 0.402. The van der Waals surface area contributed by atoms with Gasteiger partial charge in [0.05, 0.1) is 0 Å². The van der Waals surface area contributed by atoms with Crippen molar-refractivity contribution in [3.05, 3.63) is 0 Å². The van der Waals surface area contributed by atoms with Crippen molar-refractivity contribution >= 4 is 44.9 Å². The molecule has 0 aromatic heterocycles. The maximum Gasteiger partial charge on any atom is 0.315 e. The van der Waals surface area contributed by atoms with Gasteiger partial charge >= 0.3 is 5.97 Å². The van der Waals surface area contributed by atoms with Gasteiger partial charge in [-0.05, 0) is 12.8 Å². The van der Waals surface area contributed by atoms with Gasteiger partial charge in [0, 0.05) is 11.8 Å². The topological polar surface area (TPSA) is 26.3 Å². The lowest BCUT2D eigenvalue weighted by atomic mass is 10.3. The van der Waals surface area contributed by atoms with E-state index >= 15 is 0 Å². The first-order valence-corrected chi connectivity index (χ1v) is 4.69. The van der Waals surface area contributed by atoms with Crippen molar-refractivity contribution in [1.82, 2.24) is 0 Å². The molecule has 0 saturated carbocycles. The van der Waals surface area contributed by atoms with Crippen LogP contribution in [0.4, 0.5) is 0 Å². The first-order valence-electron chi connectivity index (χ1n) is 2.68. The molecule has 9 heavy (non-hydrogen) atoms. The van der Waals surface area contributed by atoms with Crippen molar-refractivity contribution in [2.75, 3.05) is 5.33 Å². The van der Waals surface area contributed by atoms with E-state index < -0.39 is 0 Å². The molecule has 0 aliphatic heterocycles. The number of hydrogen-bond donors (Lipinski definition) is 0. The third kappa shape index (κ3) is 6.57. The Bertz CT molecular complexity index is 87.0. The summed E-state index contributed by atoms with van der Waals surface area (Å²) in [5.74, 6) is -0.128. The summed E-state index contributed by atoms with van der Waals surface area (Å²) in [5, 5.41) is 0.960. The summed E-state index contributed by atoms with van der Waals surface area (Å²) in [7, 11) is 0. The summed E-state index contributed by atoms with van der Waals surface area (Å²) in [5.41, 5.74) is 0. The Hall–Kier alpha value is 0.680. The molecule has 2 nitrogen and oxygen atoms in total. The van der Waals surface area contributed by atoms with Crippen LogP contribution in [0, 0.1) is 0 Å². The molecule has 0 bridgehead atoms. The number of alkyl halides is 1. The quantitative estimate of drug-likeness (QED) is 0.453. The number of hydrogen-bond acceptors (Lipinski definition) is 2. The van der Waals surface area contributed by atoms with Crippen molar-refractivity contribution in [1.29, 1.82) is 0 Å². The lowest BCUT2D eigenvalue weighted by Crippen LogP contribution is -1.95. The van der Waals surface area contributed by atoms with Crippen molar-refractivity contribution in [2.24, 2.45) is 0 Å². The molecule has 0 N–H and O–H groups in total. The van der Waals surface area contributed by atoms with Crippen LogP contribution in [0.2, 0.25) is 0 Å². The van der Waals surface area contributed by atoms with Crippen LogP contribution in [0.3, 0.4) is 0 Å². The summed E-state index contributed by atoms with van der Waals surface area (Å²) in [6, 6.07) is 0. The highest BCUT2D eigenvalue weighted by Crippen LogP contribution is 2.01. The fraction of sp³-hybridized carbons (Fsp3) is 0.800. The predicted octanol–water partition coefficient (Wildman–Crippen LogP) is 2.44. The zero-order chi connectivity index (χ0) is 7.11. The average Bonchev–Trinajstić information content (AvgIpc) is 1.89. The molecule has 0 atom stereocenters. The molecule has 0 aliphatic rings. The van der Waals surface area contributed by atoms with E-state index in [1.54, 1.807) is 23.0 Å². The molecular formula is C5H8BrIO2. The molecule has 54 valence electrons. The first kappa shape index (κ1) is 9.68. The van der Waals surface area contributed by atoms with Crippen LogP contribution < -0.4 is 0 Å². The number of carbonyl (C=O) groups is 1. The van der Waals surface area contributed by atoms with Gasteiger partial charge < -0.3 is 3.07 Å². The Labute approximate surface area is 77.2 Å². The minimum Gasteiger partial charge on any atom is -0.394 e. The van der Waals surface area contributed by atoms with E-state index in [1.165, 1.54) is 0 Å². The number of rotatable bonds is 4. The lowest BCUT2D eigenvalue weighted by molar-refractivity contribution is -0.131. The van der Waals surface area contributed by atoms with Crippen LogP contribution in [-0.2, 0) is 7.86 Å². The van der Waals surface area contributed by atoms with Crippen LogP contribution in [0.25, 0.3) is 0 Å². The summed E-state index contributed by atoms with van der Waals surface area (Å²) < 4.78 is 4.41. The summed E-state index contributed by atoms with van der Waals surface area (Å²) >= 11 is 4.87. The normalized spacial score (nSPS) is 9.11. The molecule has 0 radical (unpaired) electrons. The predicted molar refractivity (Wildman–Crippen MR) is 47.8 cm³/mol. The molecule has 0 unspecified atom stereocenters. The summed E-state index contributed by atoms with van der Waals surface area (Å²) in [6.07, 6.45) is 2.48. The number of unbranched alkanes of at least 4 members (excludes halogenated alkanes) is 1. The largest absolute Gasteiger partial charge is 0.394 e. The SMILES string of the molecule is O=C(CCCCBr)OI. The highest BCUT2D eigenvalue weighted by atomic mass is 127. The molecule has 0 aromatic carbocycles. The van der Waals surface area contributed by atoms with Gasteiger partial charge in [-0.1, -0.05) is 15.9 Å². The van der Waals surface area contributed by atoms with E-state index in [9.17, 15) is 4.79 Å². The van der Waals surface area contributed by atoms with Crippen molar-refractivity contribution < 1.29 is 7.86 Å². The van der Waals surface area contributed by atoms with Crippen molar-refractivity contribution in [3.8, 4) is 0 Å². The Morgan fingerprint density at radius 3 is 2.67 bits per heavy atom. The molecule has 0 aromatic rings. The molecule has 0 rings (SSSR count). The Kier molecular flexibility index (Phi) is 7.31. The number of halogens is 2. The molecule has 0 aliphatic carbocycles. The van der Waals surface area contributed by atoms with Crippen LogP contribution in [0.15, 0.2) is 0 Å². The van der Waals surface area contributed by atoms with Gasteiger partial charge in [-0.15, -0.1) is 0 Å². The standard InChI is InChI=1S/C5H8BrIO2/c6-4-2-1-3-5(8)9-7/h1-4H2. The van der Waals surface area contributed by atoms with E-state index in [-0.39, 0.29) is 5.97 Å². The molecule has 0 heterocycles. The summed E-state index contributed by atoms with van der Waals surface area (Å²) in [6.45, 7) is 0. The molecule has 4 heteroatoms. The van der Waals surface area contributed by atoms with E-state index in [1.807, 2.05) is 0 Å². The minimum absolute atomic E-state index is 0.128. The van der Waals surface area contributed by atoms with Gasteiger partial charge in [0.1, 0.15) is 0 Å². The van der Waals surface area contributed by atoms with Gasteiger partial charge in [0.25, 0.3) is 0 Å². The zero-order valence-corrected chi connectivity index (χ0v) is 8.64. The van der Waals surface area contributed by atoms with Crippen LogP contribution in [0.1, 0.15) is 19.3 Å². The zero-order valence-electron chi connectivity index (χ0n) is 4.90. The molecule has 0 fully saturated rings. The van der Waals surface area contributed by atoms with Crippen molar-refractivity contribution in [2.45, 2.75) is 19.3 Å². The van der Waals surface area contributed by atoms with Gasteiger partial charge in [0.15, 0.2) is 23.0 Å². The molecule has 0 spiro atoms. The number of carbonyl (C=O) groups excluding carboxylic acids is 1. The monoisotopic (exact) mass is 306 g/mol. The van der Waals surface area contributed by atoms with Crippen LogP contribution in [0.5, 0.6) is 0 Å². The second kappa shape index (κ2) is 6.80. The van der Waals surface area contributed by atoms with E-state index in [0.29, 0.717) is 6.42 Å². The molecular weight excluding hydrogens is 299 g/mol. The highest BCUT2D eigenvalue weighted by Gasteiger charge is 1.98. The van der Waals surface area contributed by atoms with Gasteiger partial charge in [-0.2, -0.15) is 0 Å². The average molecular weight is 307 g/mol. The second-order valence-corrected chi connectivity index (χ2v) is 2.83. The van der Waals surface area contributed by atoms with E-state index in [2.05, 4.69) is 19.0 Å². The third-order valence-electron chi connectivity index (χ3n) is 0.851. The van der Waals surface area contributed by atoms with Crippen LogP contribution in [-0.4, -0.2) is 11.3 Å². The lowest BCUT2D eigenvalue weighted by Gasteiger charge is -1.93. The smallest absolute Gasteiger partial charge is 0.315 e. The Morgan fingerprint density at radius 2 is 2.22 bits per heavy atom. The highest BCUT2D eigenvalue weighted by molar-refractivity contribution is 14.1. The minimum atomic E-state index is -0.128. The summed E-state index contributed by atoms with van der Waals surface area (Å²) in [4.78, 5) is 10.4. The third-order valence-corrected chi connectivity index (χ3v) is 1.90.